The summed E-state index contributed by atoms with van der Waals surface area (Å²) in [4.78, 5) is 51.2. The van der Waals surface area contributed by atoms with E-state index in [1.165, 1.54) is 78.3 Å². The number of hydrogen-bond acceptors (Lipinski definition) is 5. The Morgan fingerprint density at radius 2 is 1.30 bits per heavy atom. The fourth-order valence-corrected chi connectivity index (χ4v) is 4.08. The lowest BCUT2D eigenvalue weighted by Crippen LogP contribution is -2.39. The number of H-pyrrole nitrogens is 1. The number of aryl methyl sites for hydroxylation is 1. The summed E-state index contributed by atoms with van der Waals surface area (Å²) in [6.45, 7) is 1.90. The van der Waals surface area contributed by atoms with Gasteiger partial charge in [0.15, 0.2) is 17.9 Å². The van der Waals surface area contributed by atoms with Gasteiger partial charge in [0.1, 0.15) is 0 Å². The number of hydrogen-bond donors (Lipinski definition) is 1. The molecule has 0 fully saturated rings. The number of imidazole rings is 1. The number of esters is 1. The molecule has 0 aromatic carbocycles. The third kappa shape index (κ3) is 7.75. The van der Waals surface area contributed by atoms with Crippen molar-refractivity contribution in [1.82, 2.24) is 18.7 Å². The highest BCUT2D eigenvalue weighted by Crippen LogP contribution is 2.13. The normalized spacial score (nSPS) is 11.4. The van der Waals surface area contributed by atoms with Crippen LogP contribution < -0.4 is 16.9 Å². The van der Waals surface area contributed by atoms with Gasteiger partial charge in [-0.15, -0.1) is 0 Å². The topological polar surface area (TPSA) is 108 Å². The number of carbonyl (C=O) groups is 1. The molecule has 0 amide bonds. The van der Waals surface area contributed by atoms with Crippen LogP contribution in [0.1, 0.15) is 96.8 Å². The average Bonchev–Trinajstić information content (AvgIpc) is 3.09. The van der Waals surface area contributed by atoms with Crippen molar-refractivity contribution in [3.8, 4) is 0 Å². The van der Waals surface area contributed by atoms with Gasteiger partial charge in [-0.2, -0.15) is 0 Å². The zero-order chi connectivity index (χ0) is 24.2. The van der Waals surface area contributed by atoms with Crippen LogP contribution in [0.3, 0.4) is 0 Å². The number of nitrogens with zero attached hydrogens (tertiary/aromatic N) is 3. The molecule has 0 saturated heterocycles. The van der Waals surface area contributed by atoms with Gasteiger partial charge in [-0.05, 0) is 6.42 Å². The van der Waals surface area contributed by atoms with Gasteiger partial charge >= 0.3 is 17.3 Å². The summed E-state index contributed by atoms with van der Waals surface area (Å²) in [5.74, 6) is -0.398. The summed E-state index contributed by atoms with van der Waals surface area (Å²) in [6.07, 6.45) is 16.3. The highest BCUT2D eigenvalue weighted by molar-refractivity contribution is 5.71. The smallest absolute Gasteiger partial charge is 0.335 e. The van der Waals surface area contributed by atoms with E-state index in [1.807, 2.05) is 0 Å². The SMILES string of the molecule is CCCCCCCCCCCCCCCC(=O)OCn1c(=O)n(C)c(=O)c2c1[nH]c(=O)n2C. The summed E-state index contributed by atoms with van der Waals surface area (Å²) >= 11 is 0. The maximum atomic E-state index is 12.4. The quantitative estimate of drug-likeness (QED) is 0.301. The van der Waals surface area contributed by atoms with E-state index < -0.39 is 22.9 Å². The van der Waals surface area contributed by atoms with E-state index in [0.29, 0.717) is 0 Å². The molecule has 9 nitrogen and oxygen atoms in total. The molecule has 0 atom stereocenters. The minimum absolute atomic E-state index is 0.0596. The lowest BCUT2D eigenvalue weighted by atomic mass is 10.0. The third-order valence-corrected chi connectivity index (χ3v) is 6.22. The van der Waals surface area contributed by atoms with Gasteiger partial charge in [-0.25, -0.2) is 14.2 Å². The average molecular weight is 465 g/mol. The molecule has 33 heavy (non-hydrogen) atoms. The molecule has 2 aromatic heterocycles. The first-order chi connectivity index (χ1) is 15.9. The van der Waals surface area contributed by atoms with Crippen LogP contribution in [0.25, 0.3) is 11.2 Å². The van der Waals surface area contributed by atoms with E-state index >= 15 is 0 Å². The fourth-order valence-electron chi connectivity index (χ4n) is 4.08. The summed E-state index contributed by atoms with van der Waals surface area (Å²) in [5.41, 5.74) is -1.62. The molecule has 9 heteroatoms. The van der Waals surface area contributed by atoms with Crippen molar-refractivity contribution in [2.75, 3.05) is 0 Å². The molecule has 2 rings (SSSR count). The van der Waals surface area contributed by atoms with E-state index in [2.05, 4.69) is 11.9 Å². The van der Waals surface area contributed by atoms with Crippen molar-refractivity contribution in [2.45, 2.75) is 104 Å². The molecule has 0 aliphatic heterocycles. The maximum Gasteiger partial charge on any atom is 0.335 e. The molecule has 0 aliphatic carbocycles. The number of ether oxygens (including phenoxy) is 1. The molecule has 0 saturated carbocycles. The van der Waals surface area contributed by atoms with Gasteiger partial charge < -0.3 is 4.74 Å². The summed E-state index contributed by atoms with van der Waals surface area (Å²) in [5, 5.41) is 0. The van der Waals surface area contributed by atoms with Crippen molar-refractivity contribution in [2.24, 2.45) is 14.1 Å². The third-order valence-electron chi connectivity index (χ3n) is 6.22. The maximum absolute atomic E-state index is 12.4. The number of aromatic nitrogens is 4. The minimum Gasteiger partial charge on any atom is -0.444 e. The van der Waals surface area contributed by atoms with E-state index in [0.717, 1.165) is 33.0 Å². The Morgan fingerprint density at radius 1 is 0.788 bits per heavy atom. The van der Waals surface area contributed by atoms with Gasteiger partial charge in [-0.1, -0.05) is 84.0 Å². The van der Waals surface area contributed by atoms with Crippen LogP contribution >= 0.6 is 0 Å². The summed E-state index contributed by atoms with van der Waals surface area (Å²) in [7, 11) is 2.77. The Bertz CT molecular complexity index is 1060. The Morgan fingerprint density at radius 3 is 1.85 bits per heavy atom. The monoisotopic (exact) mass is 464 g/mol. The molecule has 2 aromatic rings. The van der Waals surface area contributed by atoms with Crippen LogP contribution in [-0.4, -0.2) is 24.7 Å². The Labute approximate surface area is 194 Å². The Balaban J connectivity index is 1.64. The first-order valence-corrected chi connectivity index (χ1v) is 12.4. The largest absolute Gasteiger partial charge is 0.444 e. The first kappa shape index (κ1) is 26.7. The second kappa shape index (κ2) is 13.9. The molecular weight excluding hydrogens is 424 g/mol. The molecule has 0 bridgehead atoms. The minimum atomic E-state index is -0.650. The summed E-state index contributed by atoms with van der Waals surface area (Å²) in [6, 6.07) is 0. The zero-order valence-corrected chi connectivity index (χ0v) is 20.5. The number of fused-ring (bicyclic) bond motifs is 1. The van der Waals surface area contributed by atoms with Crippen LogP contribution in [0, 0.1) is 0 Å². The molecule has 2 heterocycles. The van der Waals surface area contributed by atoms with Crippen molar-refractivity contribution in [1.29, 1.82) is 0 Å². The standard InChI is InChI=1S/C24H40N4O5/c1-4-5-6-7-8-9-10-11-12-13-14-15-16-17-19(29)33-18-28-21-20(26(2)23(31)25-21)22(30)27(3)24(28)32/h4-18H2,1-3H3,(H,25,31). The molecule has 186 valence electrons. The molecular formula is C24H40N4O5. The summed E-state index contributed by atoms with van der Waals surface area (Å²) < 4.78 is 8.38. The van der Waals surface area contributed by atoms with Crippen LogP contribution in [0.5, 0.6) is 0 Å². The predicted octanol–water partition coefficient (Wildman–Crippen LogP) is 3.71. The number of rotatable bonds is 16. The van der Waals surface area contributed by atoms with Crippen molar-refractivity contribution < 1.29 is 9.53 Å². The van der Waals surface area contributed by atoms with Gasteiger partial charge in [-0.3, -0.25) is 23.7 Å². The second-order valence-electron chi connectivity index (χ2n) is 8.90. The first-order valence-electron chi connectivity index (χ1n) is 12.4. The van der Waals surface area contributed by atoms with E-state index in [4.69, 9.17) is 4.74 Å². The van der Waals surface area contributed by atoms with E-state index in [1.54, 1.807) is 0 Å². The molecule has 0 spiro atoms. The van der Waals surface area contributed by atoms with Crippen LogP contribution in [0.4, 0.5) is 0 Å². The molecule has 0 radical (unpaired) electrons. The van der Waals surface area contributed by atoms with Crippen LogP contribution in [-0.2, 0) is 30.4 Å². The Kier molecular flexibility index (Phi) is 11.2. The Hall–Kier alpha value is -2.58. The van der Waals surface area contributed by atoms with Crippen molar-refractivity contribution >= 4 is 17.1 Å². The number of nitrogens with one attached hydrogen (secondary N) is 1. The van der Waals surface area contributed by atoms with E-state index in [-0.39, 0.29) is 24.3 Å². The molecule has 1 N–H and O–H groups in total. The van der Waals surface area contributed by atoms with Gasteiger partial charge in [0.2, 0.25) is 0 Å². The fraction of sp³-hybridized carbons (Fsp3) is 0.750. The number of unbranched alkanes of at least 4 members (excludes halogenated alkanes) is 12. The van der Waals surface area contributed by atoms with Gasteiger partial charge in [0.05, 0.1) is 0 Å². The molecule has 0 aliphatic rings. The number of carbonyl (C=O) groups excluding carboxylic acids is 1. The van der Waals surface area contributed by atoms with E-state index in [9.17, 15) is 19.2 Å². The molecule has 0 unspecified atom stereocenters. The predicted molar refractivity (Wildman–Crippen MR) is 129 cm³/mol. The lowest BCUT2D eigenvalue weighted by Gasteiger charge is -2.10. The van der Waals surface area contributed by atoms with Crippen molar-refractivity contribution in [3.63, 3.8) is 0 Å². The van der Waals surface area contributed by atoms with Crippen LogP contribution in [0.15, 0.2) is 14.4 Å². The van der Waals surface area contributed by atoms with Crippen molar-refractivity contribution in [3.05, 3.63) is 31.3 Å². The lowest BCUT2D eigenvalue weighted by molar-refractivity contribution is -0.147. The number of aromatic amines is 1. The second-order valence-corrected chi connectivity index (χ2v) is 8.90. The zero-order valence-electron chi connectivity index (χ0n) is 20.5. The highest BCUT2D eigenvalue weighted by atomic mass is 16.5. The van der Waals surface area contributed by atoms with Crippen LogP contribution in [0.2, 0.25) is 0 Å². The highest BCUT2D eigenvalue weighted by Gasteiger charge is 2.17. The van der Waals surface area contributed by atoms with Gasteiger partial charge in [0, 0.05) is 20.5 Å². The van der Waals surface area contributed by atoms with Gasteiger partial charge in [0.25, 0.3) is 5.56 Å².